The number of carbonyl (C=O) groups excluding carboxylic acids is 4. The molecule has 2 N–H and O–H groups in total. The van der Waals surface area contributed by atoms with Crippen LogP contribution in [0.15, 0.2) is 43.2 Å². The van der Waals surface area contributed by atoms with Gasteiger partial charge in [0.15, 0.2) is 17.7 Å². The number of ketones is 2. The Morgan fingerprint density at radius 2 is 1.72 bits per heavy atom. The number of Topliss-reactive ketones (excluding diaryl/α,β-unsaturated/α-hetero) is 2. The molecule has 0 spiro atoms. The van der Waals surface area contributed by atoms with Crippen molar-refractivity contribution < 1.29 is 48.0 Å². The quantitative estimate of drug-likeness (QED) is 0.111. The first-order valence-electron chi connectivity index (χ1n) is 26.1. The van der Waals surface area contributed by atoms with Crippen LogP contribution in [0.5, 0.6) is 0 Å². The highest BCUT2D eigenvalue weighted by atomic mass is 16.7. The van der Waals surface area contributed by atoms with E-state index in [9.17, 15) is 24.3 Å². The molecular weight excluding hydrogens is 925 g/mol. The van der Waals surface area contributed by atoms with Crippen LogP contribution in [0.2, 0.25) is 0 Å². The van der Waals surface area contributed by atoms with Gasteiger partial charge in [0.05, 0.1) is 48.1 Å². The molecule has 398 valence electrons. The van der Waals surface area contributed by atoms with Gasteiger partial charge in [-0.1, -0.05) is 32.9 Å². The molecule has 0 aliphatic carbocycles. The number of aliphatic hydroxyl groups is 1. The smallest absolute Gasteiger partial charge is 0.410 e. The van der Waals surface area contributed by atoms with E-state index < -0.39 is 83.4 Å². The van der Waals surface area contributed by atoms with E-state index >= 15 is 0 Å². The number of amides is 1. The molecule has 4 aliphatic heterocycles. The van der Waals surface area contributed by atoms with E-state index in [1.807, 2.05) is 61.6 Å². The lowest BCUT2D eigenvalue weighted by molar-refractivity contribution is -0.296. The Kier molecular flexibility index (Phi) is 18.4. The van der Waals surface area contributed by atoms with Gasteiger partial charge in [-0.2, -0.15) is 0 Å². The maximum atomic E-state index is 15.0. The Hall–Kier alpha value is -4.70. The first kappa shape index (κ1) is 55.1. The molecule has 7 heterocycles. The predicted molar refractivity (Wildman–Crippen MR) is 266 cm³/mol. The zero-order valence-electron chi connectivity index (χ0n) is 44.1. The van der Waals surface area contributed by atoms with Crippen LogP contribution in [0.3, 0.4) is 0 Å². The number of ether oxygens (including phenoxy) is 5. The number of esters is 1. The number of aromatic nitrogens is 6. The van der Waals surface area contributed by atoms with Crippen LogP contribution in [0.4, 0.5) is 4.79 Å². The predicted octanol–water partition coefficient (Wildman–Crippen LogP) is 4.04. The summed E-state index contributed by atoms with van der Waals surface area (Å²) in [5.41, 5.74) is -0.168. The normalized spacial score (nSPS) is 33.4. The van der Waals surface area contributed by atoms with Gasteiger partial charge in [-0.3, -0.25) is 28.9 Å². The van der Waals surface area contributed by atoms with Crippen LogP contribution in [0, 0.1) is 23.7 Å². The van der Waals surface area contributed by atoms with Crippen LogP contribution in [0.1, 0.15) is 93.2 Å². The first-order chi connectivity index (χ1) is 34.4. The number of hydrogen-bond donors (Lipinski definition) is 2. The number of aryl methyl sites for hydroxylation is 1. The number of methoxy groups -OCH3 is 1. The summed E-state index contributed by atoms with van der Waals surface area (Å²) in [6.07, 6.45) is 6.62. The van der Waals surface area contributed by atoms with Crippen molar-refractivity contribution in [3.63, 3.8) is 0 Å². The highest BCUT2D eigenvalue weighted by Gasteiger charge is 2.60. The summed E-state index contributed by atoms with van der Waals surface area (Å²) in [7, 11) is 3.46. The Bertz CT molecular complexity index is 2280. The highest BCUT2D eigenvalue weighted by molar-refractivity contribution is 6.00. The van der Waals surface area contributed by atoms with Crippen molar-refractivity contribution in [1.82, 2.24) is 49.5 Å². The number of nitrogens with zero attached hydrogens (tertiary/aromatic N) is 9. The summed E-state index contributed by atoms with van der Waals surface area (Å²) >= 11 is 0. The lowest BCUT2D eigenvalue weighted by Gasteiger charge is -2.47. The zero-order chi connectivity index (χ0) is 51.9. The van der Waals surface area contributed by atoms with Crippen LogP contribution in [-0.2, 0) is 57.6 Å². The number of piperazine rings is 1. The number of rotatable bonds is 17. The molecule has 20 heteroatoms. The lowest BCUT2D eigenvalue weighted by Crippen LogP contribution is -2.60. The molecule has 1 amide bonds. The molecule has 0 bridgehead atoms. The summed E-state index contributed by atoms with van der Waals surface area (Å²) in [4.78, 5) is 72.6. The molecule has 0 radical (unpaired) electrons. The Labute approximate surface area is 424 Å². The second-order valence-electron chi connectivity index (χ2n) is 21.2. The fourth-order valence-electron chi connectivity index (χ4n) is 11.6. The second-order valence-corrected chi connectivity index (χ2v) is 21.2. The molecular formula is C52H80N10O10. The fraction of sp³-hybridized carbons (Fsp3) is 0.731. The van der Waals surface area contributed by atoms with Gasteiger partial charge in [0.2, 0.25) is 0 Å². The molecule has 72 heavy (non-hydrogen) atoms. The van der Waals surface area contributed by atoms with Gasteiger partial charge in [-0.05, 0) is 79.0 Å². The third-order valence-electron chi connectivity index (χ3n) is 15.9. The molecule has 20 nitrogen and oxygen atoms in total. The van der Waals surface area contributed by atoms with Crippen molar-refractivity contribution >= 4 is 23.6 Å². The van der Waals surface area contributed by atoms with Gasteiger partial charge < -0.3 is 48.5 Å². The van der Waals surface area contributed by atoms with E-state index in [0.717, 1.165) is 56.2 Å². The largest absolute Gasteiger partial charge is 0.458 e. The number of likely N-dealkylation sites (N-methyl/N-ethyl adjacent to an activating group) is 1. The van der Waals surface area contributed by atoms with E-state index in [2.05, 4.69) is 35.4 Å². The molecule has 0 unspecified atom stereocenters. The average molecular weight is 1010 g/mol. The van der Waals surface area contributed by atoms with E-state index in [4.69, 9.17) is 23.7 Å². The van der Waals surface area contributed by atoms with Gasteiger partial charge in [-0.25, -0.2) is 9.78 Å². The van der Waals surface area contributed by atoms with E-state index in [1.54, 1.807) is 51.3 Å². The van der Waals surface area contributed by atoms with Crippen LogP contribution in [0.25, 0.3) is 11.3 Å². The molecule has 3 aromatic heterocycles. The van der Waals surface area contributed by atoms with Crippen molar-refractivity contribution in [2.45, 2.75) is 161 Å². The number of imidazole rings is 1. The minimum atomic E-state index is -1.42. The number of nitrogens with one attached hydrogen (secondary N) is 1. The molecule has 13 atom stereocenters. The average Bonchev–Trinajstić information content (AvgIpc) is 4.12. The Balaban J connectivity index is 1.07. The van der Waals surface area contributed by atoms with Crippen LogP contribution >= 0.6 is 0 Å². The monoisotopic (exact) mass is 1000 g/mol. The summed E-state index contributed by atoms with van der Waals surface area (Å²) < 4.78 is 35.8. The third-order valence-corrected chi connectivity index (χ3v) is 15.9. The third kappa shape index (κ3) is 12.4. The molecule has 3 aromatic rings. The molecule has 0 aromatic carbocycles. The van der Waals surface area contributed by atoms with Crippen LogP contribution < -0.4 is 5.32 Å². The number of pyridine rings is 1. The first-order valence-corrected chi connectivity index (χ1v) is 26.1. The van der Waals surface area contributed by atoms with Gasteiger partial charge in [-0.15, -0.1) is 5.10 Å². The van der Waals surface area contributed by atoms with Crippen molar-refractivity contribution in [1.29, 1.82) is 0 Å². The lowest BCUT2D eigenvalue weighted by atomic mass is 9.73. The zero-order valence-corrected chi connectivity index (χ0v) is 44.1. The SMILES string of the molecule is CC[C@H]1OC(=O)[C@H](C)C(=O)[C@H](C)[C@@H](O[C@@H]2O[C@H](C)C[C@H](N(C)CCc3cn(CCN4CCNCC4)nn3)[C@H]2O)[C@](C)(OC)C[C@@H](C)C(=O)[C@H](C)[C@H]2N(CCCCn3cnc(-c4cccnc4)c3)C(=O)O[C@]12C. The van der Waals surface area contributed by atoms with E-state index in [1.165, 1.54) is 14.0 Å². The number of fused-ring (bicyclic) bond motifs is 1. The molecule has 4 saturated heterocycles. The van der Waals surface area contributed by atoms with Crippen molar-refractivity contribution in [3.05, 3.63) is 48.9 Å². The standard InChI is InChI=1S/C52H80N10O10/c1-11-42-52(8)46(62(50(67)72-52)21-13-12-20-60-31-40(55-32-60)38-15-14-17-54-29-38)35(4)43(63)33(2)28-51(7,68-10)47(36(5)44(64)37(6)48(66)70-42)71-49-45(65)41(27-34(3)69-49)58(9)22-16-39-30-61(57-56-39)26-25-59-23-18-53-19-24-59/h14-15,17,29-37,41-42,45-47,49,53,65H,11-13,16,18-28H2,1-10H3/t33-,34-,35+,36+,37-,41+,42-,45-,46-,47-,49+,51-,52-/m1/s1. The van der Waals surface area contributed by atoms with Crippen molar-refractivity contribution in [3.8, 4) is 11.3 Å². The second kappa shape index (κ2) is 24.1. The van der Waals surface area contributed by atoms with Gasteiger partial charge in [0.1, 0.15) is 23.9 Å². The molecule has 4 fully saturated rings. The van der Waals surface area contributed by atoms with Crippen molar-refractivity contribution in [2.24, 2.45) is 23.7 Å². The topological polar surface area (TPSA) is 218 Å². The number of carbonyl (C=O) groups is 4. The van der Waals surface area contributed by atoms with E-state index in [0.29, 0.717) is 38.8 Å². The molecule has 4 aliphatic rings. The van der Waals surface area contributed by atoms with E-state index in [-0.39, 0.29) is 37.3 Å². The summed E-state index contributed by atoms with van der Waals surface area (Å²) in [6.45, 7) is 21.2. The number of aliphatic hydroxyl groups excluding tert-OH is 1. The van der Waals surface area contributed by atoms with Crippen molar-refractivity contribution in [2.75, 3.05) is 60.0 Å². The minimum Gasteiger partial charge on any atom is -0.458 e. The Morgan fingerprint density at radius 3 is 2.43 bits per heavy atom. The number of unbranched alkanes of at least 4 members (excludes halogenated alkanes) is 1. The van der Waals surface area contributed by atoms with Gasteiger partial charge >= 0.3 is 12.1 Å². The summed E-state index contributed by atoms with van der Waals surface area (Å²) in [6, 6.07) is 2.62. The number of cyclic esters (lactones) is 1. The highest BCUT2D eigenvalue weighted by Crippen LogP contribution is 2.43. The molecule has 7 rings (SSSR count). The summed E-state index contributed by atoms with van der Waals surface area (Å²) in [5.74, 6) is -5.12. The molecule has 0 saturated carbocycles. The number of hydrogen-bond acceptors (Lipinski definition) is 17. The maximum absolute atomic E-state index is 15.0. The minimum absolute atomic E-state index is 0.104. The fourth-order valence-corrected chi connectivity index (χ4v) is 11.6. The Morgan fingerprint density at radius 1 is 0.972 bits per heavy atom. The summed E-state index contributed by atoms with van der Waals surface area (Å²) in [5, 5.41) is 24.3. The van der Waals surface area contributed by atoms with Crippen LogP contribution in [-0.4, -0.2) is 187 Å². The van der Waals surface area contributed by atoms with Gasteiger partial charge in [0, 0.05) is 120 Å². The maximum Gasteiger partial charge on any atom is 0.410 e. The van der Waals surface area contributed by atoms with Gasteiger partial charge in [0.25, 0.3) is 0 Å².